The van der Waals surface area contributed by atoms with Crippen molar-refractivity contribution >= 4 is 27.6 Å². The number of H-pyrrole nitrogens is 1. The third-order valence-corrected chi connectivity index (χ3v) is 3.48. The Hall–Kier alpha value is -2.39. The summed E-state index contributed by atoms with van der Waals surface area (Å²) in [5.41, 5.74) is 1.48. The van der Waals surface area contributed by atoms with E-state index >= 15 is 0 Å². The minimum Gasteiger partial charge on any atom is -0.489 e. The lowest BCUT2D eigenvalue weighted by Crippen LogP contribution is -2.06. The number of benzene rings is 2. The maximum absolute atomic E-state index is 11.2. The number of rotatable bonds is 4. The van der Waals surface area contributed by atoms with Gasteiger partial charge in [0.25, 0.3) is 5.24 Å². The average molecular weight is 299 g/mol. The van der Waals surface area contributed by atoms with Gasteiger partial charge in [-0.1, -0.05) is 24.3 Å². The zero-order valence-electron chi connectivity index (χ0n) is 11.2. The molecule has 0 radical (unpaired) electrons. The number of aromatic nitrogens is 1. The van der Waals surface area contributed by atoms with Gasteiger partial charge in [0.05, 0.1) is 5.56 Å². The summed E-state index contributed by atoms with van der Waals surface area (Å²) < 4.78 is 5.76. The predicted molar refractivity (Wildman–Crippen MR) is 81.5 cm³/mol. The highest BCUT2D eigenvalue weighted by molar-refractivity contribution is 6.67. The number of hydrogen-bond donors (Lipinski definition) is 0. The summed E-state index contributed by atoms with van der Waals surface area (Å²) in [6.07, 6.45) is 3.87. The smallest absolute Gasteiger partial charge is 0.252 e. The Bertz CT molecular complexity index is 796. The maximum Gasteiger partial charge on any atom is 0.252 e. The van der Waals surface area contributed by atoms with Gasteiger partial charge in [-0.25, -0.2) is 4.98 Å². The van der Waals surface area contributed by atoms with Crippen LogP contribution in [0.3, 0.4) is 0 Å². The lowest BCUT2D eigenvalue weighted by molar-refractivity contribution is -0.376. The maximum atomic E-state index is 11.2. The summed E-state index contributed by atoms with van der Waals surface area (Å²) >= 11 is 5.47. The molecule has 0 aliphatic heterocycles. The standard InChI is InChI=1S/C17H12ClNO2/c18-17(20)12-5-3-6-15(8-12)21-11-14-10-19-9-13-4-1-2-7-16(13)14/h1-10H,11H2/p+1. The monoisotopic (exact) mass is 298 g/mol. The zero-order valence-corrected chi connectivity index (χ0v) is 11.9. The van der Waals surface area contributed by atoms with E-state index in [1.165, 1.54) is 0 Å². The van der Waals surface area contributed by atoms with Crippen molar-refractivity contribution in [2.45, 2.75) is 6.61 Å². The van der Waals surface area contributed by atoms with Crippen molar-refractivity contribution in [3.05, 3.63) is 72.1 Å². The Morgan fingerprint density at radius 3 is 2.81 bits per heavy atom. The average Bonchev–Trinajstić information content (AvgIpc) is 2.53. The van der Waals surface area contributed by atoms with Crippen LogP contribution in [0.5, 0.6) is 5.75 Å². The summed E-state index contributed by atoms with van der Waals surface area (Å²) in [4.78, 5) is 14.3. The fourth-order valence-electron chi connectivity index (χ4n) is 2.21. The number of halogens is 1. The number of carbonyl (C=O) groups is 1. The molecule has 4 heteroatoms. The number of fused-ring (bicyclic) bond motifs is 1. The van der Waals surface area contributed by atoms with Crippen molar-refractivity contribution in [2.75, 3.05) is 0 Å². The van der Waals surface area contributed by atoms with E-state index in [1.807, 2.05) is 30.6 Å². The largest absolute Gasteiger partial charge is 0.489 e. The van der Waals surface area contributed by atoms with Crippen molar-refractivity contribution in [2.24, 2.45) is 0 Å². The van der Waals surface area contributed by atoms with Gasteiger partial charge in [0.1, 0.15) is 12.4 Å². The van der Waals surface area contributed by atoms with E-state index in [0.29, 0.717) is 17.9 Å². The number of pyridine rings is 1. The lowest BCUT2D eigenvalue weighted by Gasteiger charge is -2.07. The van der Waals surface area contributed by atoms with Gasteiger partial charge < -0.3 is 4.74 Å². The molecule has 3 nitrogen and oxygen atoms in total. The molecule has 0 saturated carbocycles. The summed E-state index contributed by atoms with van der Waals surface area (Å²) in [7, 11) is 0. The minimum absolute atomic E-state index is 0.414. The summed E-state index contributed by atoms with van der Waals surface area (Å²) in [6.45, 7) is 0.414. The molecule has 1 aromatic heterocycles. The molecule has 1 N–H and O–H groups in total. The van der Waals surface area contributed by atoms with Crippen LogP contribution in [-0.2, 0) is 6.61 Å². The molecule has 0 saturated heterocycles. The summed E-state index contributed by atoms with van der Waals surface area (Å²) in [5, 5.41) is 1.78. The lowest BCUT2D eigenvalue weighted by atomic mass is 10.1. The van der Waals surface area contributed by atoms with E-state index < -0.39 is 5.24 Å². The Morgan fingerprint density at radius 1 is 1.10 bits per heavy atom. The highest BCUT2D eigenvalue weighted by atomic mass is 35.5. The van der Waals surface area contributed by atoms with Gasteiger partial charge in [-0.3, -0.25) is 4.79 Å². The van der Waals surface area contributed by atoms with Gasteiger partial charge in [0, 0.05) is 16.3 Å². The molecule has 0 amide bonds. The Kier molecular flexibility index (Phi) is 3.84. The van der Waals surface area contributed by atoms with Gasteiger partial charge in [-0.05, 0) is 35.9 Å². The van der Waals surface area contributed by atoms with E-state index in [-0.39, 0.29) is 0 Å². The Labute approximate surface area is 127 Å². The number of ether oxygens (including phenoxy) is 1. The number of hydrogen-bond acceptors (Lipinski definition) is 2. The second-order valence-electron chi connectivity index (χ2n) is 4.66. The molecule has 2 aromatic carbocycles. The first-order valence-corrected chi connectivity index (χ1v) is 6.92. The van der Waals surface area contributed by atoms with Crippen LogP contribution in [0.1, 0.15) is 15.9 Å². The third kappa shape index (κ3) is 3.03. The molecule has 3 rings (SSSR count). The first-order valence-electron chi connectivity index (χ1n) is 6.54. The van der Waals surface area contributed by atoms with Crippen LogP contribution in [-0.4, -0.2) is 5.24 Å². The molecule has 0 aliphatic carbocycles. The van der Waals surface area contributed by atoms with Gasteiger partial charge in [0.15, 0.2) is 12.4 Å². The second-order valence-corrected chi connectivity index (χ2v) is 5.00. The topological polar surface area (TPSA) is 40.4 Å². The molecule has 0 aliphatic rings. The van der Waals surface area contributed by atoms with E-state index in [9.17, 15) is 4.79 Å². The van der Waals surface area contributed by atoms with E-state index in [0.717, 1.165) is 16.3 Å². The fourth-order valence-corrected chi connectivity index (χ4v) is 2.33. The molecule has 0 atom stereocenters. The first kappa shape index (κ1) is 13.6. The van der Waals surface area contributed by atoms with Crippen LogP contribution >= 0.6 is 11.6 Å². The van der Waals surface area contributed by atoms with Gasteiger partial charge in [-0.2, -0.15) is 0 Å². The van der Waals surface area contributed by atoms with Crippen molar-refractivity contribution in [1.82, 2.24) is 0 Å². The predicted octanol–water partition coefficient (Wildman–Crippen LogP) is 3.61. The van der Waals surface area contributed by atoms with Crippen LogP contribution in [0.4, 0.5) is 0 Å². The molecule has 104 valence electrons. The van der Waals surface area contributed by atoms with E-state index in [2.05, 4.69) is 11.1 Å². The van der Waals surface area contributed by atoms with E-state index in [4.69, 9.17) is 16.3 Å². The van der Waals surface area contributed by atoms with Gasteiger partial charge >= 0.3 is 0 Å². The molecular weight excluding hydrogens is 286 g/mol. The molecule has 0 unspecified atom stereocenters. The molecule has 21 heavy (non-hydrogen) atoms. The van der Waals surface area contributed by atoms with Crippen molar-refractivity contribution in [3.63, 3.8) is 0 Å². The quantitative estimate of drug-likeness (QED) is 0.690. The minimum atomic E-state index is -0.487. The van der Waals surface area contributed by atoms with Crippen LogP contribution in [0.15, 0.2) is 60.9 Å². The van der Waals surface area contributed by atoms with Crippen molar-refractivity contribution < 1.29 is 14.5 Å². The zero-order chi connectivity index (χ0) is 14.7. The summed E-state index contributed by atoms with van der Waals surface area (Å²) in [5.74, 6) is 0.620. The second kappa shape index (κ2) is 5.94. The molecule has 3 aromatic rings. The fraction of sp³-hybridized carbons (Fsp3) is 0.0588. The first-order chi connectivity index (χ1) is 10.2. The highest BCUT2D eigenvalue weighted by Crippen LogP contribution is 2.20. The molecule has 0 bridgehead atoms. The number of carbonyl (C=O) groups excluding carboxylic acids is 1. The highest BCUT2D eigenvalue weighted by Gasteiger charge is 2.07. The SMILES string of the molecule is O=C(Cl)c1cccc(OCc2c[nH+]cc3ccccc23)c1. The Balaban J connectivity index is 1.84. The van der Waals surface area contributed by atoms with Gasteiger partial charge in [-0.15, -0.1) is 0 Å². The summed E-state index contributed by atoms with van der Waals surface area (Å²) in [6, 6.07) is 15.0. The van der Waals surface area contributed by atoms with Gasteiger partial charge in [0.2, 0.25) is 0 Å². The molecule has 0 spiro atoms. The van der Waals surface area contributed by atoms with Crippen molar-refractivity contribution in [1.29, 1.82) is 0 Å². The Morgan fingerprint density at radius 2 is 1.95 bits per heavy atom. The van der Waals surface area contributed by atoms with Crippen molar-refractivity contribution in [3.8, 4) is 5.75 Å². The van der Waals surface area contributed by atoms with Crippen LogP contribution in [0, 0.1) is 0 Å². The number of aromatic amines is 1. The van der Waals surface area contributed by atoms with Crippen LogP contribution < -0.4 is 9.72 Å². The molecule has 0 fully saturated rings. The van der Waals surface area contributed by atoms with Crippen LogP contribution in [0.25, 0.3) is 10.8 Å². The van der Waals surface area contributed by atoms with Crippen LogP contribution in [0.2, 0.25) is 0 Å². The van der Waals surface area contributed by atoms with E-state index in [1.54, 1.807) is 24.3 Å². The number of nitrogens with one attached hydrogen (secondary N) is 1. The molecular formula is C17H13ClNO2+. The third-order valence-electron chi connectivity index (χ3n) is 3.26. The normalized spacial score (nSPS) is 10.5. The molecule has 1 heterocycles.